The number of rotatable bonds is 5. The number of nitrogens with one attached hydrogen (secondary N) is 1. The zero-order valence-corrected chi connectivity index (χ0v) is 11.5. The van der Waals surface area contributed by atoms with Gasteiger partial charge in [-0.15, -0.1) is 11.3 Å². The molecule has 0 radical (unpaired) electrons. The molecule has 0 spiro atoms. The number of aryl methyl sites for hydroxylation is 1. The average Bonchev–Trinajstić information content (AvgIpc) is 2.82. The number of aromatic nitrogens is 1. The molecule has 2 rings (SSSR count). The van der Waals surface area contributed by atoms with E-state index in [1.807, 2.05) is 42.6 Å². The van der Waals surface area contributed by atoms with Gasteiger partial charge < -0.3 is 10.4 Å². The van der Waals surface area contributed by atoms with Gasteiger partial charge >= 0.3 is 0 Å². The first-order chi connectivity index (χ1) is 9.15. The smallest absolute Gasteiger partial charge is 0.226 e. The molecule has 0 bridgehead atoms. The molecular weight excluding hydrogens is 260 g/mol. The Labute approximate surface area is 116 Å². The summed E-state index contributed by atoms with van der Waals surface area (Å²) >= 11 is 1.53. The van der Waals surface area contributed by atoms with E-state index in [0.29, 0.717) is 0 Å². The monoisotopic (exact) mass is 276 g/mol. The number of benzene rings is 1. The highest BCUT2D eigenvalue weighted by atomic mass is 32.1. The van der Waals surface area contributed by atoms with Gasteiger partial charge in [-0.25, -0.2) is 4.98 Å². The predicted molar refractivity (Wildman–Crippen MR) is 75.0 cm³/mol. The van der Waals surface area contributed by atoms with Crippen LogP contribution in [0.1, 0.15) is 22.4 Å². The summed E-state index contributed by atoms with van der Waals surface area (Å²) in [5.41, 5.74) is 1.57. The average molecular weight is 276 g/mol. The Morgan fingerprint density at radius 1 is 1.42 bits per heavy atom. The van der Waals surface area contributed by atoms with Gasteiger partial charge in [0.05, 0.1) is 23.2 Å². The molecule has 1 amide bonds. The van der Waals surface area contributed by atoms with Crippen LogP contribution < -0.4 is 5.32 Å². The quantitative estimate of drug-likeness (QED) is 0.876. The van der Waals surface area contributed by atoms with Crippen LogP contribution in [0, 0.1) is 6.92 Å². The van der Waals surface area contributed by atoms with Gasteiger partial charge in [0.2, 0.25) is 5.91 Å². The Kier molecular flexibility index (Phi) is 4.65. The maximum absolute atomic E-state index is 11.7. The molecule has 0 aliphatic heterocycles. The molecular formula is C14H16N2O2S. The van der Waals surface area contributed by atoms with Crippen molar-refractivity contribution >= 4 is 17.2 Å². The lowest BCUT2D eigenvalue weighted by Gasteiger charge is -2.11. The van der Waals surface area contributed by atoms with Gasteiger partial charge in [-0.05, 0) is 12.5 Å². The fourth-order valence-electron chi connectivity index (χ4n) is 1.72. The van der Waals surface area contributed by atoms with E-state index in [1.54, 1.807) is 0 Å². The first kappa shape index (κ1) is 13.7. The molecule has 19 heavy (non-hydrogen) atoms. The van der Waals surface area contributed by atoms with Gasteiger partial charge in [-0.3, -0.25) is 4.79 Å². The van der Waals surface area contributed by atoms with Gasteiger partial charge in [0.1, 0.15) is 0 Å². The van der Waals surface area contributed by atoms with Crippen molar-refractivity contribution in [2.45, 2.75) is 19.4 Å². The van der Waals surface area contributed by atoms with Gasteiger partial charge in [-0.2, -0.15) is 0 Å². The molecule has 1 aromatic heterocycles. The topological polar surface area (TPSA) is 62.2 Å². The SMILES string of the molecule is Cc1nc(CC(=O)NCC(O)c2ccccc2)cs1. The molecule has 1 heterocycles. The van der Waals surface area contributed by atoms with Crippen LogP contribution in [-0.2, 0) is 11.2 Å². The molecule has 0 saturated heterocycles. The zero-order chi connectivity index (χ0) is 13.7. The van der Waals surface area contributed by atoms with E-state index in [4.69, 9.17) is 0 Å². The van der Waals surface area contributed by atoms with Crippen LogP contribution in [0.5, 0.6) is 0 Å². The lowest BCUT2D eigenvalue weighted by molar-refractivity contribution is -0.120. The molecule has 0 fully saturated rings. The number of carbonyl (C=O) groups excluding carboxylic acids is 1. The van der Waals surface area contributed by atoms with Crippen LogP contribution in [-0.4, -0.2) is 22.5 Å². The van der Waals surface area contributed by atoms with E-state index >= 15 is 0 Å². The summed E-state index contributed by atoms with van der Waals surface area (Å²) in [6.07, 6.45) is -0.423. The zero-order valence-electron chi connectivity index (χ0n) is 10.7. The van der Waals surface area contributed by atoms with E-state index in [-0.39, 0.29) is 18.9 Å². The fraction of sp³-hybridized carbons (Fsp3) is 0.286. The summed E-state index contributed by atoms with van der Waals surface area (Å²) in [7, 11) is 0. The molecule has 1 unspecified atom stereocenters. The van der Waals surface area contributed by atoms with Crippen molar-refractivity contribution in [1.82, 2.24) is 10.3 Å². The minimum atomic E-state index is -0.678. The number of aliphatic hydroxyl groups excluding tert-OH is 1. The summed E-state index contributed by atoms with van der Waals surface area (Å²) in [6.45, 7) is 2.12. The third kappa shape index (κ3) is 4.15. The minimum Gasteiger partial charge on any atom is -0.387 e. The number of aliphatic hydroxyl groups is 1. The Balaban J connectivity index is 1.80. The largest absolute Gasteiger partial charge is 0.387 e. The van der Waals surface area contributed by atoms with Crippen molar-refractivity contribution in [3.63, 3.8) is 0 Å². The van der Waals surface area contributed by atoms with Gasteiger partial charge in [-0.1, -0.05) is 30.3 Å². The van der Waals surface area contributed by atoms with Crippen molar-refractivity contribution in [3.05, 3.63) is 52.0 Å². The van der Waals surface area contributed by atoms with Crippen molar-refractivity contribution in [3.8, 4) is 0 Å². The van der Waals surface area contributed by atoms with Crippen molar-refractivity contribution in [2.24, 2.45) is 0 Å². The van der Waals surface area contributed by atoms with Crippen molar-refractivity contribution in [2.75, 3.05) is 6.54 Å². The molecule has 5 heteroatoms. The second-order valence-electron chi connectivity index (χ2n) is 4.27. The normalized spacial score (nSPS) is 12.1. The molecule has 0 saturated carbocycles. The lowest BCUT2D eigenvalue weighted by Crippen LogP contribution is -2.29. The molecule has 4 nitrogen and oxygen atoms in total. The molecule has 2 N–H and O–H groups in total. The Morgan fingerprint density at radius 2 is 2.16 bits per heavy atom. The second kappa shape index (κ2) is 6.45. The minimum absolute atomic E-state index is 0.125. The van der Waals surface area contributed by atoms with Gasteiger partial charge in [0, 0.05) is 11.9 Å². The first-order valence-electron chi connectivity index (χ1n) is 6.06. The number of hydrogen-bond donors (Lipinski definition) is 2. The van der Waals surface area contributed by atoms with E-state index in [2.05, 4.69) is 10.3 Å². The third-order valence-electron chi connectivity index (χ3n) is 2.69. The predicted octanol–water partition coefficient (Wildman–Crippen LogP) is 1.84. The van der Waals surface area contributed by atoms with Crippen LogP contribution in [0.2, 0.25) is 0 Å². The Hall–Kier alpha value is -1.72. The number of amides is 1. The van der Waals surface area contributed by atoms with E-state index in [9.17, 15) is 9.90 Å². The van der Waals surface area contributed by atoms with Crippen molar-refractivity contribution in [1.29, 1.82) is 0 Å². The van der Waals surface area contributed by atoms with E-state index in [0.717, 1.165) is 16.3 Å². The Bertz CT molecular complexity index is 539. The standard InChI is InChI=1S/C14H16N2O2S/c1-10-16-12(9-19-10)7-14(18)15-8-13(17)11-5-3-2-4-6-11/h2-6,9,13,17H,7-8H2,1H3,(H,15,18). The van der Waals surface area contributed by atoms with Gasteiger partial charge in [0.25, 0.3) is 0 Å². The summed E-state index contributed by atoms with van der Waals surface area (Å²) in [5, 5.41) is 15.5. The van der Waals surface area contributed by atoms with E-state index < -0.39 is 6.10 Å². The number of thiazole rings is 1. The van der Waals surface area contributed by atoms with Crippen LogP contribution in [0.3, 0.4) is 0 Å². The van der Waals surface area contributed by atoms with Crippen LogP contribution in [0.25, 0.3) is 0 Å². The number of hydrogen-bond acceptors (Lipinski definition) is 4. The van der Waals surface area contributed by atoms with Crippen molar-refractivity contribution < 1.29 is 9.90 Å². The van der Waals surface area contributed by atoms with E-state index in [1.165, 1.54) is 11.3 Å². The third-order valence-corrected chi connectivity index (χ3v) is 3.51. The van der Waals surface area contributed by atoms with Gasteiger partial charge in [0.15, 0.2) is 0 Å². The summed E-state index contributed by atoms with van der Waals surface area (Å²) in [5.74, 6) is -0.125. The highest BCUT2D eigenvalue weighted by molar-refractivity contribution is 7.09. The summed E-state index contributed by atoms with van der Waals surface area (Å²) < 4.78 is 0. The molecule has 1 atom stereocenters. The van der Waals surface area contributed by atoms with Crippen LogP contribution in [0.4, 0.5) is 0 Å². The molecule has 2 aromatic rings. The maximum Gasteiger partial charge on any atom is 0.226 e. The number of nitrogens with zero attached hydrogens (tertiary/aromatic N) is 1. The highest BCUT2D eigenvalue weighted by Gasteiger charge is 2.10. The summed E-state index contributed by atoms with van der Waals surface area (Å²) in [6, 6.07) is 9.28. The van der Waals surface area contributed by atoms with Crippen LogP contribution in [0.15, 0.2) is 35.7 Å². The molecule has 100 valence electrons. The molecule has 0 aliphatic rings. The second-order valence-corrected chi connectivity index (χ2v) is 5.33. The lowest BCUT2D eigenvalue weighted by atomic mass is 10.1. The molecule has 0 aliphatic carbocycles. The maximum atomic E-state index is 11.7. The Morgan fingerprint density at radius 3 is 2.79 bits per heavy atom. The molecule has 1 aromatic carbocycles. The highest BCUT2D eigenvalue weighted by Crippen LogP contribution is 2.11. The van der Waals surface area contributed by atoms with Crippen LogP contribution >= 0.6 is 11.3 Å². The fourth-order valence-corrected chi connectivity index (χ4v) is 2.33. The summed E-state index contributed by atoms with van der Waals surface area (Å²) in [4.78, 5) is 15.9. The number of carbonyl (C=O) groups is 1. The first-order valence-corrected chi connectivity index (χ1v) is 6.94.